The average Bonchev–Trinajstić information content (AvgIpc) is 3.49. The molecule has 0 bridgehead atoms. The average molecular weight is 353 g/mol. The van der Waals surface area contributed by atoms with Crippen molar-refractivity contribution >= 4 is 17.5 Å². The Balaban J connectivity index is 1.73. The number of nitrogens with one attached hydrogen (secondary N) is 3. The summed E-state index contributed by atoms with van der Waals surface area (Å²) >= 11 is 0. The van der Waals surface area contributed by atoms with E-state index in [9.17, 15) is 9.59 Å². The molecular formula is C20H23N3O3. The van der Waals surface area contributed by atoms with E-state index in [4.69, 9.17) is 4.74 Å². The minimum absolute atomic E-state index is 0.0459. The monoisotopic (exact) mass is 353 g/mol. The zero-order chi connectivity index (χ0) is 18.4. The third kappa shape index (κ3) is 4.99. The van der Waals surface area contributed by atoms with Crippen LogP contribution in [0.3, 0.4) is 0 Å². The summed E-state index contributed by atoms with van der Waals surface area (Å²) in [5, 5.41) is 8.84. The summed E-state index contributed by atoms with van der Waals surface area (Å²) in [4.78, 5) is 24.0. The molecule has 3 N–H and O–H groups in total. The third-order valence-electron chi connectivity index (χ3n) is 4.11. The fourth-order valence-corrected chi connectivity index (χ4v) is 2.52. The molecule has 3 rings (SSSR count). The highest BCUT2D eigenvalue weighted by Crippen LogP contribution is 2.25. The van der Waals surface area contributed by atoms with Crippen LogP contribution in [0, 0.1) is 0 Å². The van der Waals surface area contributed by atoms with Gasteiger partial charge in [0.05, 0.1) is 0 Å². The second-order valence-electron chi connectivity index (χ2n) is 6.26. The van der Waals surface area contributed by atoms with Crippen molar-refractivity contribution in [3.8, 4) is 5.75 Å². The van der Waals surface area contributed by atoms with Crippen molar-refractivity contribution in [3.05, 3.63) is 60.2 Å². The molecule has 1 unspecified atom stereocenters. The van der Waals surface area contributed by atoms with E-state index >= 15 is 0 Å². The van der Waals surface area contributed by atoms with Crippen LogP contribution in [0.5, 0.6) is 5.75 Å². The maximum Gasteiger partial charge on any atom is 0.257 e. The van der Waals surface area contributed by atoms with Gasteiger partial charge in [0.1, 0.15) is 11.8 Å². The molecule has 0 radical (unpaired) electrons. The molecule has 1 fully saturated rings. The van der Waals surface area contributed by atoms with Gasteiger partial charge in [-0.15, -0.1) is 0 Å². The second kappa shape index (κ2) is 8.38. The van der Waals surface area contributed by atoms with Gasteiger partial charge in [-0.1, -0.05) is 36.4 Å². The largest absolute Gasteiger partial charge is 0.484 e. The predicted octanol–water partition coefficient (Wildman–Crippen LogP) is 2.24. The minimum Gasteiger partial charge on any atom is -0.484 e. The van der Waals surface area contributed by atoms with Crippen LogP contribution < -0.4 is 20.7 Å². The smallest absolute Gasteiger partial charge is 0.257 e. The fourth-order valence-electron chi connectivity index (χ4n) is 2.52. The van der Waals surface area contributed by atoms with Crippen LogP contribution in [-0.4, -0.2) is 31.5 Å². The molecule has 0 aliphatic heterocycles. The SMILES string of the molecule is CNC(=O)COc1cccc(NC(C(=O)NC2CC2)c2ccccc2)c1. The lowest BCUT2D eigenvalue weighted by molar-refractivity contribution is -0.123. The first-order chi connectivity index (χ1) is 12.7. The predicted molar refractivity (Wildman–Crippen MR) is 100.0 cm³/mol. The molecule has 136 valence electrons. The van der Waals surface area contributed by atoms with Gasteiger partial charge in [0, 0.05) is 24.8 Å². The van der Waals surface area contributed by atoms with Gasteiger partial charge in [-0.25, -0.2) is 0 Å². The number of benzene rings is 2. The molecule has 2 amide bonds. The Morgan fingerprint density at radius 1 is 1.12 bits per heavy atom. The van der Waals surface area contributed by atoms with Gasteiger partial charge >= 0.3 is 0 Å². The maximum absolute atomic E-state index is 12.7. The fraction of sp³-hybridized carbons (Fsp3) is 0.300. The number of carbonyl (C=O) groups excluding carboxylic acids is 2. The molecule has 0 spiro atoms. The number of hydrogen-bond donors (Lipinski definition) is 3. The number of likely N-dealkylation sites (N-methyl/N-ethyl adjacent to an activating group) is 1. The zero-order valence-electron chi connectivity index (χ0n) is 14.7. The van der Waals surface area contributed by atoms with Crippen molar-refractivity contribution in [2.24, 2.45) is 0 Å². The topological polar surface area (TPSA) is 79.5 Å². The van der Waals surface area contributed by atoms with Crippen LogP contribution in [-0.2, 0) is 9.59 Å². The standard InChI is InChI=1S/C20H23N3O3/c1-21-18(24)13-26-17-9-5-8-16(12-17)22-19(14-6-3-2-4-7-14)20(25)23-15-10-11-15/h2-9,12,15,19,22H,10-11,13H2,1H3,(H,21,24)(H,23,25). The number of rotatable bonds is 8. The molecule has 1 aliphatic rings. The lowest BCUT2D eigenvalue weighted by Gasteiger charge is -2.20. The Hall–Kier alpha value is -3.02. The first-order valence-electron chi connectivity index (χ1n) is 8.71. The van der Waals surface area contributed by atoms with Crippen LogP contribution in [0.4, 0.5) is 5.69 Å². The van der Waals surface area contributed by atoms with Crippen molar-refractivity contribution in [2.75, 3.05) is 19.0 Å². The number of amides is 2. The van der Waals surface area contributed by atoms with E-state index in [1.54, 1.807) is 19.2 Å². The highest BCUT2D eigenvalue weighted by atomic mass is 16.5. The molecule has 6 nitrogen and oxygen atoms in total. The summed E-state index contributed by atoms with van der Waals surface area (Å²) in [7, 11) is 1.56. The second-order valence-corrected chi connectivity index (χ2v) is 6.26. The van der Waals surface area contributed by atoms with E-state index in [-0.39, 0.29) is 24.5 Å². The van der Waals surface area contributed by atoms with Crippen molar-refractivity contribution in [1.29, 1.82) is 0 Å². The molecule has 6 heteroatoms. The van der Waals surface area contributed by atoms with Crippen molar-refractivity contribution in [1.82, 2.24) is 10.6 Å². The first kappa shape index (κ1) is 17.8. The number of anilines is 1. The summed E-state index contributed by atoms with van der Waals surface area (Å²) in [6.45, 7) is -0.0514. The summed E-state index contributed by atoms with van der Waals surface area (Å²) in [5.74, 6) is 0.317. The maximum atomic E-state index is 12.7. The molecule has 0 aromatic heterocycles. The lowest BCUT2D eigenvalue weighted by Crippen LogP contribution is -2.34. The number of carbonyl (C=O) groups is 2. The van der Waals surface area contributed by atoms with Gasteiger partial charge in [-0.05, 0) is 30.5 Å². The summed E-state index contributed by atoms with van der Waals surface area (Å²) in [6.07, 6.45) is 2.08. The van der Waals surface area contributed by atoms with Gasteiger partial charge < -0.3 is 20.7 Å². The molecule has 2 aromatic rings. The Bertz CT molecular complexity index is 760. The zero-order valence-corrected chi connectivity index (χ0v) is 14.7. The summed E-state index contributed by atoms with van der Waals surface area (Å²) in [5.41, 5.74) is 1.64. The van der Waals surface area contributed by atoms with E-state index < -0.39 is 6.04 Å². The van der Waals surface area contributed by atoms with Crippen LogP contribution >= 0.6 is 0 Å². The Morgan fingerprint density at radius 2 is 1.88 bits per heavy atom. The Labute approximate surface area is 152 Å². The molecule has 1 atom stereocenters. The highest BCUT2D eigenvalue weighted by molar-refractivity contribution is 5.86. The van der Waals surface area contributed by atoms with Gasteiger partial charge in [-0.3, -0.25) is 9.59 Å². The van der Waals surface area contributed by atoms with E-state index in [1.807, 2.05) is 42.5 Å². The number of hydrogen-bond acceptors (Lipinski definition) is 4. The van der Waals surface area contributed by atoms with Crippen molar-refractivity contribution in [3.63, 3.8) is 0 Å². The van der Waals surface area contributed by atoms with E-state index in [0.29, 0.717) is 5.75 Å². The van der Waals surface area contributed by atoms with E-state index in [2.05, 4.69) is 16.0 Å². The minimum atomic E-state index is -0.494. The quantitative estimate of drug-likeness (QED) is 0.680. The molecule has 2 aromatic carbocycles. The van der Waals surface area contributed by atoms with Crippen LogP contribution in [0.2, 0.25) is 0 Å². The summed E-state index contributed by atoms with van der Waals surface area (Å²) < 4.78 is 5.47. The Kier molecular flexibility index (Phi) is 5.73. The van der Waals surface area contributed by atoms with Gasteiger partial charge in [0.25, 0.3) is 5.91 Å². The lowest BCUT2D eigenvalue weighted by atomic mass is 10.1. The highest BCUT2D eigenvalue weighted by Gasteiger charge is 2.28. The van der Waals surface area contributed by atoms with E-state index in [1.165, 1.54) is 0 Å². The van der Waals surface area contributed by atoms with Gasteiger partial charge in [0.15, 0.2) is 6.61 Å². The molecule has 1 saturated carbocycles. The van der Waals surface area contributed by atoms with Crippen LogP contribution in [0.1, 0.15) is 24.4 Å². The molecule has 0 saturated heterocycles. The molecular weight excluding hydrogens is 330 g/mol. The molecule has 26 heavy (non-hydrogen) atoms. The van der Waals surface area contributed by atoms with Crippen molar-refractivity contribution < 1.29 is 14.3 Å². The number of ether oxygens (including phenoxy) is 1. The summed E-state index contributed by atoms with van der Waals surface area (Å²) in [6, 6.07) is 16.6. The van der Waals surface area contributed by atoms with Gasteiger partial charge in [-0.2, -0.15) is 0 Å². The van der Waals surface area contributed by atoms with E-state index in [0.717, 1.165) is 24.1 Å². The third-order valence-corrected chi connectivity index (χ3v) is 4.11. The molecule has 0 heterocycles. The van der Waals surface area contributed by atoms with Crippen molar-refractivity contribution in [2.45, 2.75) is 24.9 Å². The molecule has 1 aliphatic carbocycles. The van der Waals surface area contributed by atoms with Gasteiger partial charge in [0.2, 0.25) is 5.91 Å². The Morgan fingerprint density at radius 3 is 2.58 bits per heavy atom. The van der Waals surface area contributed by atoms with Crippen LogP contribution in [0.25, 0.3) is 0 Å². The van der Waals surface area contributed by atoms with Crippen LogP contribution in [0.15, 0.2) is 54.6 Å². The normalized spacial score (nSPS) is 14.2. The first-order valence-corrected chi connectivity index (χ1v) is 8.71.